The molecule has 0 radical (unpaired) electrons. The summed E-state index contributed by atoms with van der Waals surface area (Å²) in [7, 11) is 1.90. The molecule has 1 amide bonds. The average Bonchev–Trinajstić information content (AvgIpc) is 2.52. The zero-order valence-corrected chi connectivity index (χ0v) is 12.8. The van der Waals surface area contributed by atoms with Crippen LogP contribution in [0, 0.1) is 17.8 Å². The van der Waals surface area contributed by atoms with Gasteiger partial charge in [-0.1, -0.05) is 31.6 Å². The predicted molar refractivity (Wildman–Crippen MR) is 83.7 cm³/mol. The van der Waals surface area contributed by atoms with Crippen molar-refractivity contribution in [1.29, 1.82) is 0 Å². The summed E-state index contributed by atoms with van der Waals surface area (Å²) in [5.74, 6) is 6.28. The maximum atomic E-state index is 12.6. The van der Waals surface area contributed by atoms with E-state index in [2.05, 4.69) is 23.7 Å². The maximum Gasteiger partial charge on any atom is 0.255 e. The number of nitrogens with zero attached hydrogens (tertiary/aromatic N) is 2. The highest BCUT2D eigenvalue weighted by Crippen LogP contribution is 2.28. The van der Waals surface area contributed by atoms with Crippen LogP contribution in [0.25, 0.3) is 0 Å². The molecule has 0 saturated heterocycles. The predicted octanol–water partition coefficient (Wildman–Crippen LogP) is 2.04. The first-order chi connectivity index (χ1) is 10.1. The molecule has 0 aliphatic heterocycles. The Labute approximate surface area is 126 Å². The summed E-state index contributed by atoms with van der Waals surface area (Å²) in [6.07, 6.45) is 8.02. The van der Waals surface area contributed by atoms with Crippen molar-refractivity contribution in [3.8, 4) is 11.8 Å². The van der Waals surface area contributed by atoms with Crippen LogP contribution in [0.2, 0.25) is 0 Å². The van der Waals surface area contributed by atoms with E-state index in [1.807, 2.05) is 11.9 Å². The number of amides is 1. The van der Waals surface area contributed by atoms with E-state index in [-0.39, 0.29) is 5.91 Å². The molecule has 0 aromatic carbocycles. The van der Waals surface area contributed by atoms with E-state index >= 15 is 0 Å². The molecule has 4 heteroatoms. The van der Waals surface area contributed by atoms with Gasteiger partial charge >= 0.3 is 0 Å². The van der Waals surface area contributed by atoms with Gasteiger partial charge in [-0.15, -0.1) is 0 Å². The molecule has 0 spiro atoms. The molecule has 1 aromatic heterocycles. The van der Waals surface area contributed by atoms with E-state index in [0.717, 1.165) is 12.0 Å². The number of pyridine rings is 1. The van der Waals surface area contributed by atoms with Crippen molar-refractivity contribution in [2.75, 3.05) is 13.6 Å². The Morgan fingerprint density at radius 1 is 1.43 bits per heavy atom. The molecule has 1 saturated carbocycles. The number of carbonyl (C=O) groups excluding carboxylic acids is 1. The van der Waals surface area contributed by atoms with Crippen LogP contribution in [-0.4, -0.2) is 35.4 Å². The lowest BCUT2D eigenvalue weighted by atomic mass is 9.85. The summed E-state index contributed by atoms with van der Waals surface area (Å²) >= 11 is 0. The lowest BCUT2D eigenvalue weighted by Gasteiger charge is -2.36. The van der Waals surface area contributed by atoms with Gasteiger partial charge in [-0.2, -0.15) is 0 Å². The number of hydrogen-bond donors (Lipinski definition) is 1. The number of rotatable bonds is 2. The molecule has 4 nitrogen and oxygen atoms in total. The summed E-state index contributed by atoms with van der Waals surface area (Å²) in [6, 6.07) is 2.12. The van der Waals surface area contributed by atoms with Gasteiger partial charge in [0, 0.05) is 31.0 Å². The van der Waals surface area contributed by atoms with Crippen molar-refractivity contribution in [3.05, 3.63) is 29.6 Å². The standard InChI is InChI=1S/C17H23N3O/c1-13-6-3-4-8-16(13)20(2)17(21)15-10-14(7-5-9-18)11-19-12-15/h10-13,16H,3-4,6,8-9,18H2,1-2H3. The number of hydrogen-bond acceptors (Lipinski definition) is 3. The van der Waals surface area contributed by atoms with Crippen LogP contribution in [0.1, 0.15) is 48.5 Å². The Hall–Kier alpha value is -1.86. The first-order valence-electron chi connectivity index (χ1n) is 7.54. The Morgan fingerprint density at radius 3 is 2.90 bits per heavy atom. The van der Waals surface area contributed by atoms with Gasteiger partial charge < -0.3 is 10.6 Å². The summed E-state index contributed by atoms with van der Waals surface area (Å²) in [5.41, 5.74) is 6.70. The highest BCUT2D eigenvalue weighted by atomic mass is 16.2. The minimum absolute atomic E-state index is 0.0256. The Morgan fingerprint density at radius 2 is 2.19 bits per heavy atom. The fourth-order valence-corrected chi connectivity index (χ4v) is 3.00. The Balaban J connectivity index is 2.15. The van der Waals surface area contributed by atoms with Crippen molar-refractivity contribution in [2.45, 2.75) is 38.6 Å². The van der Waals surface area contributed by atoms with Crippen molar-refractivity contribution in [3.63, 3.8) is 0 Å². The molecule has 2 rings (SSSR count). The zero-order chi connectivity index (χ0) is 15.2. The molecule has 0 bridgehead atoms. The molecule has 2 unspecified atom stereocenters. The highest BCUT2D eigenvalue weighted by molar-refractivity contribution is 5.94. The van der Waals surface area contributed by atoms with Crippen LogP contribution < -0.4 is 5.73 Å². The fourth-order valence-electron chi connectivity index (χ4n) is 3.00. The van der Waals surface area contributed by atoms with E-state index in [1.54, 1.807) is 18.5 Å². The summed E-state index contributed by atoms with van der Waals surface area (Å²) < 4.78 is 0. The van der Waals surface area contributed by atoms with E-state index in [1.165, 1.54) is 19.3 Å². The third-order valence-corrected chi connectivity index (χ3v) is 4.20. The normalized spacial score (nSPS) is 21.3. The third-order valence-electron chi connectivity index (χ3n) is 4.20. The van der Waals surface area contributed by atoms with E-state index < -0.39 is 0 Å². The first-order valence-corrected chi connectivity index (χ1v) is 7.54. The number of nitrogens with two attached hydrogens (primary N) is 1. The largest absolute Gasteiger partial charge is 0.338 e. The van der Waals surface area contributed by atoms with Crippen LogP contribution in [0.3, 0.4) is 0 Å². The minimum atomic E-state index is 0.0256. The molecule has 1 fully saturated rings. The van der Waals surface area contributed by atoms with Gasteiger partial charge in [-0.25, -0.2) is 0 Å². The zero-order valence-electron chi connectivity index (χ0n) is 12.8. The SMILES string of the molecule is CC1CCCCC1N(C)C(=O)c1cncc(C#CCN)c1. The van der Waals surface area contributed by atoms with Gasteiger partial charge in [0.1, 0.15) is 0 Å². The Kier molecular flexibility index (Phi) is 5.35. The summed E-state index contributed by atoms with van der Waals surface area (Å²) in [4.78, 5) is 18.6. The van der Waals surface area contributed by atoms with Crippen LogP contribution in [-0.2, 0) is 0 Å². The summed E-state index contributed by atoms with van der Waals surface area (Å²) in [5, 5.41) is 0. The van der Waals surface area contributed by atoms with Crippen LogP contribution in [0.15, 0.2) is 18.5 Å². The minimum Gasteiger partial charge on any atom is -0.338 e. The van der Waals surface area contributed by atoms with Crippen molar-refractivity contribution >= 4 is 5.91 Å². The van der Waals surface area contributed by atoms with Gasteiger partial charge in [-0.3, -0.25) is 9.78 Å². The van der Waals surface area contributed by atoms with E-state index in [4.69, 9.17) is 5.73 Å². The highest BCUT2D eigenvalue weighted by Gasteiger charge is 2.28. The van der Waals surface area contributed by atoms with Gasteiger partial charge in [-0.05, 0) is 24.8 Å². The Bertz CT molecular complexity index is 559. The molecule has 1 aliphatic carbocycles. The molecule has 2 N–H and O–H groups in total. The lowest BCUT2D eigenvalue weighted by Crippen LogP contribution is -2.42. The second-order valence-corrected chi connectivity index (χ2v) is 5.71. The molecule has 2 atom stereocenters. The van der Waals surface area contributed by atoms with Crippen molar-refractivity contribution < 1.29 is 4.79 Å². The molecule has 112 valence electrons. The molecule has 1 aliphatic rings. The van der Waals surface area contributed by atoms with E-state index in [0.29, 0.717) is 24.1 Å². The molecular weight excluding hydrogens is 262 g/mol. The van der Waals surface area contributed by atoms with Crippen LogP contribution in [0.4, 0.5) is 0 Å². The third kappa shape index (κ3) is 3.83. The smallest absolute Gasteiger partial charge is 0.255 e. The monoisotopic (exact) mass is 285 g/mol. The molecular formula is C17H23N3O. The number of aromatic nitrogens is 1. The average molecular weight is 285 g/mol. The second-order valence-electron chi connectivity index (χ2n) is 5.71. The van der Waals surface area contributed by atoms with Gasteiger partial charge in [0.15, 0.2) is 0 Å². The van der Waals surface area contributed by atoms with Crippen LogP contribution >= 0.6 is 0 Å². The summed E-state index contributed by atoms with van der Waals surface area (Å²) in [6.45, 7) is 2.53. The second kappa shape index (κ2) is 7.24. The quantitative estimate of drug-likeness (QED) is 0.846. The van der Waals surface area contributed by atoms with E-state index in [9.17, 15) is 4.79 Å². The van der Waals surface area contributed by atoms with Gasteiger partial charge in [0.05, 0.1) is 12.1 Å². The topological polar surface area (TPSA) is 59.2 Å². The van der Waals surface area contributed by atoms with Crippen molar-refractivity contribution in [1.82, 2.24) is 9.88 Å². The first kappa shape index (κ1) is 15.5. The van der Waals surface area contributed by atoms with Gasteiger partial charge in [0.25, 0.3) is 5.91 Å². The molecule has 1 aromatic rings. The fraction of sp³-hybridized carbons (Fsp3) is 0.529. The molecule has 21 heavy (non-hydrogen) atoms. The maximum absolute atomic E-state index is 12.6. The van der Waals surface area contributed by atoms with Crippen LogP contribution in [0.5, 0.6) is 0 Å². The van der Waals surface area contributed by atoms with Crippen molar-refractivity contribution in [2.24, 2.45) is 11.7 Å². The number of carbonyl (C=O) groups is 1. The van der Waals surface area contributed by atoms with Gasteiger partial charge in [0.2, 0.25) is 0 Å². The lowest BCUT2D eigenvalue weighted by molar-refractivity contribution is 0.0628. The molecule has 1 heterocycles.